The van der Waals surface area contributed by atoms with Gasteiger partial charge in [-0.2, -0.15) is 4.52 Å². The third-order valence-corrected chi connectivity index (χ3v) is 5.82. The molecule has 0 amide bonds. The third-order valence-electron chi connectivity index (χ3n) is 5.58. The van der Waals surface area contributed by atoms with Crippen LogP contribution in [0.4, 0.5) is 0 Å². The smallest absolute Gasteiger partial charge is 0.246 e. The van der Waals surface area contributed by atoms with Crippen molar-refractivity contribution in [3.63, 3.8) is 0 Å². The average Bonchev–Trinajstić information content (AvgIpc) is 3.24. The van der Waals surface area contributed by atoms with E-state index in [0.717, 1.165) is 24.1 Å². The lowest BCUT2D eigenvalue weighted by Crippen LogP contribution is -2.27. The summed E-state index contributed by atoms with van der Waals surface area (Å²) in [4.78, 5) is 0. The van der Waals surface area contributed by atoms with E-state index in [1.165, 1.54) is 15.6 Å². The van der Waals surface area contributed by atoms with Gasteiger partial charge in [-0.05, 0) is 59.8 Å². The summed E-state index contributed by atoms with van der Waals surface area (Å²) in [6.07, 6.45) is 0.980. The number of benzene rings is 3. The fraction of sp³-hybridized carbons (Fsp3) is 0.148. The van der Waals surface area contributed by atoms with Crippen molar-refractivity contribution in [1.82, 2.24) is 25.1 Å². The van der Waals surface area contributed by atoms with Crippen LogP contribution in [0, 0.1) is 0 Å². The summed E-state index contributed by atoms with van der Waals surface area (Å²) in [7, 11) is 0. The van der Waals surface area contributed by atoms with Crippen LogP contribution in [0.2, 0.25) is 5.28 Å². The fourth-order valence-corrected chi connectivity index (χ4v) is 4.03. The molecule has 5 rings (SSSR count). The molecule has 0 aliphatic carbocycles. The van der Waals surface area contributed by atoms with E-state index in [9.17, 15) is 0 Å². The van der Waals surface area contributed by atoms with Gasteiger partial charge in [-0.25, -0.2) is 0 Å². The highest BCUT2D eigenvalue weighted by molar-refractivity contribution is 6.28. The van der Waals surface area contributed by atoms with Gasteiger partial charge < -0.3 is 10.1 Å². The van der Waals surface area contributed by atoms with Crippen LogP contribution in [0.25, 0.3) is 16.8 Å². The van der Waals surface area contributed by atoms with E-state index in [1.807, 2.05) is 30.3 Å². The van der Waals surface area contributed by atoms with Crippen molar-refractivity contribution in [1.29, 1.82) is 0 Å². The standard InChI is InChI=1S/C27H24ClN5O/c1-19(16-20-8-4-2-5-9-20)29-18-21-12-13-24(23(17-21)22-10-6-3-7-11-22)34-26-15-14-25-30-31-27(28)33(25)32-26/h2-15,17,19,29H,16,18H2,1H3. The molecule has 0 aliphatic rings. The number of halogens is 1. The lowest BCUT2D eigenvalue weighted by molar-refractivity contribution is 0.453. The Kier molecular flexibility index (Phi) is 6.51. The third kappa shape index (κ3) is 5.09. The van der Waals surface area contributed by atoms with Crippen LogP contribution in [-0.2, 0) is 13.0 Å². The monoisotopic (exact) mass is 469 g/mol. The Labute approximate surface area is 203 Å². The molecule has 0 saturated carbocycles. The van der Waals surface area contributed by atoms with Crippen LogP contribution in [0.1, 0.15) is 18.1 Å². The molecule has 0 radical (unpaired) electrons. The summed E-state index contributed by atoms with van der Waals surface area (Å²) >= 11 is 6.07. The molecule has 170 valence electrons. The first kappa shape index (κ1) is 22.1. The van der Waals surface area contributed by atoms with Crippen molar-refractivity contribution < 1.29 is 4.74 Å². The molecule has 2 heterocycles. The van der Waals surface area contributed by atoms with Crippen LogP contribution in [0.5, 0.6) is 11.6 Å². The average molecular weight is 470 g/mol. The van der Waals surface area contributed by atoms with Crippen molar-refractivity contribution in [2.75, 3.05) is 0 Å². The van der Waals surface area contributed by atoms with E-state index in [1.54, 1.807) is 12.1 Å². The van der Waals surface area contributed by atoms with Gasteiger partial charge in [0.2, 0.25) is 11.2 Å². The van der Waals surface area contributed by atoms with E-state index in [4.69, 9.17) is 16.3 Å². The highest BCUT2D eigenvalue weighted by Gasteiger charge is 2.12. The van der Waals surface area contributed by atoms with Crippen LogP contribution >= 0.6 is 11.6 Å². The molecular formula is C27H24ClN5O. The zero-order valence-electron chi connectivity index (χ0n) is 18.7. The molecule has 1 unspecified atom stereocenters. The molecule has 3 aromatic carbocycles. The van der Waals surface area contributed by atoms with E-state index in [-0.39, 0.29) is 5.28 Å². The molecule has 0 spiro atoms. The summed E-state index contributed by atoms with van der Waals surface area (Å²) < 4.78 is 7.64. The Morgan fingerprint density at radius 3 is 2.44 bits per heavy atom. The quantitative estimate of drug-likeness (QED) is 0.304. The number of fused-ring (bicyclic) bond motifs is 1. The van der Waals surface area contributed by atoms with Crippen molar-refractivity contribution >= 4 is 17.2 Å². The van der Waals surface area contributed by atoms with Crippen LogP contribution in [-0.4, -0.2) is 25.9 Å². The zero-order valence-corrected chi connectivity index (χ0v) is 19.5. The Morgan fingerprint density at radius 2 is 1.65 bits per heavy atom. The van der Waals surface area contributed by atoms with E-state index in [0.29, 0.717) is 23.3 Å². The Hall–Kier alpha value is -3.74. The number of nitrogens with one attached hydrogen (secondary N) is 1. The highest BCUT2D eigenvalue weighted by Crippen LogP contribution is 2.34. The molecule has 7 heteroatoms. The zero-order chi connectivity index (χ0) is 23.3. The van der Waals surface area contributed by atoms with Crippen molar-refractivity contribution in [3.05, 3.63) is 107 Å². The second-order valence-electron chi connectivity index (χ2n) is 8.18. The van der Waals surface area contributed by atoms with E-state index in [2.05, 4.69) is 76.1 Å². The van der Waals surface area contributed by atoms with Gasteiger partial charge in [-0.3, -0.25) is 0 Å². The number of rotatable bonds is 8. The Bertz CT molecular complexity index is 1390. The number of hydrogen-bond acceptors (Lipinski definition) is 5. The molecule has 0 aliphatic heterocycles. The maximum absolute atomic E-state index is 6.19. The van der Waals surface area contributed by atoms with Crippen molar-refractivity contribution in [3.8, 4) is 22.8 Å². The molecule has 5 aromatic rings. The molecule has 1 N–H and O–H groups in total. The lowest BCUT2D eigenvalue weighted by atomic mass is 10.0. The van der Waals surface area contributed by atoms with Crippen LogP contribution in [0.3, 0.4) is 0 Å². The maximum Gasteiger partial charge on any atom is 0.246 e. The van der Waals surface area contributed by atoms with Gasteiger partial charge in [0.1, 0.15) is 5.75 Å². The SMILES string of the molecule is CC(Cc1ccccc1)NCc1ccc(Oc2ccc3nnc(Cl)n3n2)c(-c2ccccc2)c1. The molecule has 0 saturated heterocycles. The summed E-state index contributed by atoms with van der Waals surface area (Å²) in [5.74, 6) is 1.12. The molecule has 2 aromatic heterocycles. The van der Waals surface area contributed by atoms with Gasteiger partial charge in [0, 0.05) is 24.2 Å². The lowest BCUT2D eigenvalue weighted by Gasteiger charge is -2.16. The van der Waals surface area contributed by atoms with Gasteiger partial charge in [-0.1, -0.05) is 66.7 Å². The molecule has 0 fully saturated rings. The minimum atomic E-state index is 0.190. The fourth-order valence-electron chi connectivity index (χ4n) is 3.86. The minimum Gasteiger partial charge on any atom is -0.437 e. The van der Waals surface area contributed by atoms with Gasteiger partial charge in [-0.15, -0.1) is 15.3 Å². The second kappa shape index (κ2) is 10.0. The van der Waals surface area contributed by atoms with Gasteiger partial charge >= 0.3 is 0 Å². The van der Waals surface area contributed by atoms with Gasteiger partial charge in [0.25, 0.3) is 0 Å². The largest absolute Gasteiger partial charge is 0.437 e. The van der Waals surface area contributed by atoms with Gasteiger partial charge in [0.15, 0.2) is 5.65 Å². The van der Waals surface area contributed by atoms with Gasteiger partial charge in [0.05, 0.1) is 0 Å². The van der Waals surface area contributed by atoms with E-state index >= 15 is 0 Å². The van der Waals surface area contributed by atoms with Crippen LogP contribution < -0.4 is 10.1 Å². The number of aromatic nitrogens is 4. The molecule has 1 atom stereocenters. The predicted octanol–water partition coefficient (Wildman–Crippen LogP) is 5.96. The predicted molar refractivity (Wildman–Crippen MR) is 134 cm³/mol. The molecule has 6 nitrogen and oxygen atoms in total. The van der Waals surface area contributed by atoms with Crippen LogP contribution in [0.15, 0.2) is 91.0 Å². The topological polar surface area (TPSA) is 64.3 Å². The normalized spacial score (nSPS) is 12.1. The summed E-state index contributed by atoms with van der Waals surface area (Å²) in [5, 5.41) is 16.0. The second-order valence-corrected chi connectivity index (χ2v) is 8.52. The minimum absolute atomic E-state index is 0.190. The summed E-state index contributed by atoms with van der Waals surface area (Å²) in [6, 6.07) is 30.8. The highest BCUT2D eigenvalue weighted by atomic mass is 35.5. The summed E-state index contributed by atoms with van der Waals surface area (Å²) in [6.45, 7) is 2.97. The van der Waals surface area contributed by atoms with Crippen molar-refractivity contribution in [2.24, 2.45) is 0 Å². The number of ether oxygens (including phenoxy) is 1. The number of nitrogens with zero attached hydrogens (tertiary/aromatic N) is 4. The van der Waals surface area contributed by atoms with E-state index < -0.39 is 0 Å². The molecular weight excluding hydrogens is 446 g/mol. The first-order valence-corrected chi connectivity index (χ1v) is 11.5. The summed E-state index contributed by atoms with van der Waals surface area (Å²) in [5.41, 5.74) is 5.13. The molecule has 34 heavy (non-hydrogen) atoms. The molecule has 0 bridgehead atoms. The first-order valence-electron chi connectivity index (χ1n) is 11.2. The Balaban J connectivity index is 1.37. The van der Waals surface area contributed by atoms with Crippen molar-refractivity contribution in [2.45, 2.75) is 25.9 Å². The Morgan fingerprint density at radius 1 is 0.882 bits per heavy atom. The maximum atomic E-state index is 6.19. The first-order chi connectivity index (χ1) is 16.7. The number of hydrogen-bond donors (Lipinski definition) is 1.